The highest BCUT2D eigenvalue weighted by Crippen LogP contribution is 2.19. The van der Waals surface area contributed by atoms with E-state index < -0.39 is 5.54 Å². The van der Waals surface area contributed by atoms with E-state index in [-0.39, 0.29) is 12.0 Å². The summed E-state index contributed by atoms with van der Waals surface area (Å²) in [4.78, 5) is 14.4. The van der Waals surface area contributed by atoms with Crippen molar-refractivity contribution in [3.63, 3.8) is 0 Å². The molecule has 1 rings (SSSR count). The molecule has 0 aromatic carbocycles. The zero-order valence-corrected chi connectivity index (χ0v) is 14.3. The van der Waals surface area contributed by atoms with Gasteiger partial charge in [0.25, 0.3) is 0 Å². The van der Waals surface area contributed by atoms with Gasteiger partial charge in [-0.05, 0) is 60.5 Å². The van der Waals surface area contributed by atoms with Gasteiger partial charge in [0, 0.05) is 19.2 Å². The normalized spacial score (nSPS) is 23.6. The SMILES string of the molecule is CCOC(=O)C(C)(CC(C)N(C)CC1CCCCO1)NC. The average molecular weight is 300 g/mol. The molecule has 1 N–H and O–H groups in total. The number of hydrogen-bond donors (Lipinski definition) is 1. The molecule has 5 nitrogen and oxygen atoms in total. The minimum absolute atomic E-state index is 0.179. The number of carbonyl (C=O) groups excluding carboxylic acids is 1. The molecule has 3 atom stereocenters. The maximum atomic E-state index is 12.1. The number of ether oxygens (including phenoxy) is 2. The van der Waals surface area contributed by atoms with E-state index in [4.69, 9.17) is 9.47 Å². The maximum Gasteiger partial charge on any atom is 0.326 e. The van der Waals surface area contributed by atoms with E-state index in [1.165, 1.54) is 12.8 Å². The Morgan fingerprint density at radius 1 is 1.52 bits per heavy atom. The van der Waals surface area contributed by atoms with Crippen LogP contribution in [0.4, 0.5) is 0 Å². The first-order chi connectivity index (χ1) is 9.92. The molecule has 0 aromatic rings. The molecule has 1 aliphatic heterocycles. The lowest BCUT2D eigenvalue weighted by Crippen LogP contribution is -2.53. The van der Waals surface area contributed by atoms with Crippen molar-refractivity contribution in [1.82, 2.24) is 10.2 Å². The second kappa shape index (κ2) is 8.71. The Balaban J connectivity index is 2.51. The van der Waals surface area contributed by atoms with Crippen LogP contribution in [-0.4, -0.2) is 62.4 Å². The predicted octanol–water partition coefficient (Wildman–Crippen LogP) is 1.81. The van der Waals surface area contributed by atoms with Gasteiger partial charge in [-0.2, -0.15) is 0 Å². The van der Waals surface area contributed by atoms with Crippen molar-refractivity contribution >= 4 is 5.97 Å². The van der Waals surface area contributed by atoms with Crippen LogP contribution in [-0.2, 0) is 14.3 Å². The fourth-order valence-corrected chi connectivity index (χ4v) is 2.78. The van der Waals surface area contributed by atoms with E-state index in [1.807, 2.05) is 20.9 Å². The van der Waals surface area contributed by atoms with Crippen LogP contribution in [0.15, 0.2) is 0 Å². The summed E-state index contributed by atoms with van der Waals surface area (Å²) in [6.07, 6.45) is 4.61. The fraction of sp³-hybridized carbons (Fsp3) is 0.938. The lowest BCUT2D eigenvalue weighted by Gasteiger charge is -2.35. The van der Waals surface area contributed by atoms with Crippen LogP contribution in [0.2, 0.25) is 0 Å². The summed E-state index contributed by atoms with van der Waals surface area (Å²) in [5.41, 5.74) is -0.642. The summed E-state index contributed by atoms with van der Waals surface area (Å²) < 4.78 is 11.0. The number of rotatable bonds is 8. The van der Waals surface area contributed by atoms with Crippen molar-refractivity contribution in [1.29, 1.82) is 0 Å². The highest BCUT2D eigenvalue weighted by atomic mass is 16.5. The molecule has 1 aliphatic rings. The first kappa shape index (κ1) is 18.4. The summed E-state index contributed by atoms with van der Waals surface area (Å²) in [6, 6.07) is 0.275. The third kappa shape index (κ3) is 5.57. The molecular weight excluding hydrogens is 268 g/mol. The molecule has 0 saturated carbocycles. The van der Waals surface area contributed by atoms with Gasteiger partial charge < -0.3 is 19.7 Å². The molecule has 0 radical (unpaired) electrons. The predicted molar refractivity (Wildman–Crippen MR) is 84.4 cm³/mol. The Kier molecular flexibility index (Phi) is 7.63. The molecule has 0 bridgehead atoms. The van der Waals surface area contributed by atoms with Gasteiger partial charge in [-0.1, -0.05) is 0 Å². The van der Waals surface area contributed by atoms with Gasteiger partial charge in [0.2, 0.25) is 0 Å². The smallest absolute Gasteiger partial charge is 0.326 e. The second-order valence-corrected chi connectivity index (χ2v) is 6.28. The van der Waals surface area contributed by atoms with Crippen molar-refractivity contribution in [2.45, 2.75) is 64.1 Å². The van der Waals surface area contributed by atoms with Gasteiger partial charge in [0.05, 0.1) is 12.7 Å². The molecule has 0 aromatic heterocycles. The minimum Gasteiger partial charge on any atom is -0.465 e. The number of likely N-dealkylation sites (N-methyl/N-ethyl adjacent to an activating group) is 2. The standard InChI is InChI=1S/C16H32N2O3/c1-6-20-15(19)16(3,17-4)11-13(2)18(5)12-14-9-7-8-10-21-14/h13-14,17H,6-12H2,1-5H3. The van der Waals surface area contributed by atoms with E-state index in [0.29, 0.717) is 19.1 Å². The molecule has 3 unspecified atom stereocenters. The third-order valence-electron chi connectivity index (χ3n) is 4.50. The van der Waals surface area contributed by atoms with Gasteiger partial charge in [-0.3, -0.25) is 4.79 Å². The first-order valence-corrected chi connectivity index (χ1v) is 8.11. The number of hydrogen-bond acceptors (Lipinski definition) is 5. The van der Waals surface area contributed by atoms with Crippen LogP contribution < -0.4 is 5.32 Å². The Morgan fingerprint density at radius 3 is 2.76 bits per heavy atom. The molecule has 21 heavy (non-hydrogen) atoms. The molecule has 124 valence electrons. The van der Waals surface area contributed by atoms with E-state index >= 15 is 0 Å². The average Bonchev–Trinajstić information content (AvgIpc) is 2.48. The number of nitrogens with zero attached hydrogens (tertiary/aromatic N) is 1. The van der Waals surface area contributed by atoms with E-state index in [0.717, 1.165) is 19.6 Å². The highest BCUT2D eigenvalue weighted by Gasteiger charge is 2.35. The third-order valence-corrected chi connectivity index (χ3v) is 4.50. The number of esters is 1. The first-order valence-electron chi connectivity index (χ1n) is 8.11. The van der Waals surface area contributed by atoms with Crippen LogP contribution in [0, 0.1) is 0 Å². The summed E-state index contributed by atoms with van der Waals surface area (Å²) in [7, 11) is 3.91. The Bertz CT molecular complexity index is 319. The summed E-state index contributed by atoms with van der Waals surface area (Å²) >= 11 is 0. The van der Waals surface area contributed by atoms with Gasteiger partial charge in [0.15, 0.2) is 0 Å². The molecule has 1 fully saturated rings. The highest BCUT2D eigenvalue weighted by molar-refractivity contribution is 5.80. The minimum atomic E-state index is -0.642. The quantitative estimate of drug-likeness (QED) is 0.693. The number of carbonyl (C=O) groups is 1. The molecular formula is C16H32N2O3. The molecule has 1 heterocycles. The Hall–Kier alpha value is -0.650. The topological polar surface area (TPSA) is 50.8 Å². The molecule has 5 heteroatoms. The van der Waals surface area contributed by atoms with Crippen LogP contribution in [0.5, 0.6) is 0 Å². The van der Waals surface area contributed by atoms with Crippen LogP contribution in [0.3, 0.4) is 0 Å². The van der Waals surface area contributed by atoms with Crippen molar-refractivity contribution in [3.8, 4) is 0 Å². The van der Waals surface area contributed by atoms with Crippen LogP contribution in [0.25, 0.3) is 0 Å². The largest absolute Gasteiger partial charge is 0.465 e. The molecule has 0 aliphatic carbocycles. The van der Waals surface area contributed by atoms with E-state index in [1.54, 1.807) is 0 Å². The molecule has 0 spiro atoms. The summed E-state index contributed by atoms with van der Waals surface area (Å²) in [5.74, 6) is -0.179. The van der Waals surface area contributed by atoms with Gasteiger partial charge in [-0.25, -0.2) is 0 Å². The zero-order chi connectivity index (χ0) is 15.9. The van der Waals surface area contributed by atoms with Crippen molar-refractivity contribution in [2.24, 2.45) is 0 Å². The van der Waals surface area contributed by atoms with Crippen molar-refractivity contribution in [2.75, 3.05) is 33.9 Å². The number of nitrogens with one attached hydrogen (secondary N) is 1. The Morgan fingerprint density at radius 2 is 2.24 bits per heavy atom. The van der Waals surface area contributed by atoms with Crippen LogP contribution >= 0.6 is 0 Å². The van der Waals surface area contributed by atoms with Gasteiger partial charge in [-0.15, -0.1) is 0 Å². The second-order valence-electron chi connectivity index (χ2n) is 6.28. The summed E-state index contributed by atoms with van der Waals surface area (Å²) in [5, 5.41) is 3.12. The lowest BCUT2D eigenvalue weighted by atomic mass is 9.93. The Labute approximate surface area is 129 Å². The van der Waals surface area contributed by atoms with E-state index in [2.05, 4.69) is 24.2 Å². The summed E-state index contributed by atoms with van der Waals surface area (Å²) in [6.45, 7) is 8.11. The van der Waals surface area contributed by atoms with Gasteiger partial charge in [0.1, 0.15) is 5.54 Å². The molecule has 1 saturated heterocycles. The van der Waals surface area contributed by atoms with Crippen LogP contribution in [0.1, 0.15) is 46.5 Å². The van der Waals surface area contributed by atoms with Crippen molar-refractivity contribution in [3.05, 3.63) is 0 Å². The fourth-order valence-electron chi connectivity index (χ4n) is 2.78. The van der Waals surface area contributed by atoms with Gasteiger partial charge >= 0.3 is 5.97 Å². The lowest BCUT2D eigenvalue weighted by molar-refractivity contribution is -0.151. The zero-order valence-electron chi connectivity index (χ0n) is 14.3. The van der Waals surface area contributed by atoms with Crippen molar-refractivity contribution < 1.29 is 14.3 Å². The monoisotopic (exact) mass is 300 g/mol. The molecule has 0 amide bonds. The van der Waals surface area contributed by atoms with E-state index in [9.17, 15) is 4.79 Å². The maximum absolute atomic E-state index is 12.1.